The molecule has 0 atom stereocenters. The molecule has 1 aromatic heterocycles. The largest absolute Gasteiger partial charge is 0.354 e. The number of piperidine rings is 1. The van der Waals surface area contributed by atoms with Crippen molar-refractivity contribution in [1.82, 2.24) is 15.4 Å². The van der Waals surface area contributed by atoms with E-state index in [1.54, 1.807) is 0 Å². The highest BCUT2D eigenvalue weighted by atomic mass is 16.5. The lowest BCUT2D eigenvalue weighted by molar-refractivity contribution is -0.120. The Labute approximate surface area is 145 Å². The van der Waals surface area contributed by atoms with Crippen LogP contribution in [-0.4, -0.2) is 48.7 Å². The van der Waals surface area contributed by atoms with Gasteiger partial charge in [0.1, 0.15) is 0 Å². The molecular weight excluding hydrogens is 320 g/mol. The van der Waals surface area contributed by atoms with Crippen LogP contribution in [-0.2, 0) is 11.2 Å². The SMILES string of the molecule is CN1CCC(Cc2ccc3onc(N4CCC(=O)NC4=O)c3c2)CC1. The minimum absolute atomic E-state index is 0.253. The molecule has 0 saturated carbocycles. The fraction of sp³-hybridized carbons (Fsp3) is 0.500. The van der Waals surface area contributed by atoms with Crippen LogP contribution >= 0.6 is 0 Å². The van der Waals surface area contributed by atoms with E-state index in [0.717, 1.165) is 24.9 Å². The highest BCUT2D eigenvalue weighted by Crippen LogP contribution is 2.30. The minimum atomic E-state index is -0.438. The highest BCUT2D eigenvalue weighted by molar-refractivity contribution is 6.08. The van der Waals surface area contributed by atoms with Crippen molar-refractivity contribution in [2.24, 2.45) is 5.92 Å². The number of benzene rings is 1. The molecule has 2 fully saturated rings. The van der Waals surface area contributed by atoms with Crippen LogP contribution in [0.3, 0.4) is 0 Å². The number of aromatic nitrogens is 1. The Morgan fingerprint density at radius 1 is 1.24 bits per heavy atom. The van der Waals surface area contributed by atoms with E-state index in [0.29, 0.717) is 23.9 Å². The standard InChI is InChI=1S/C18H22N4O3/c1-21-7-4-12(5-8-21)10-13-2-3-15-14(11-13)17(20-25-15)22-9-6-16(23)19-18(22)24/h2-3,11-12H,4-10H2,1H3,(H,19,23,24). The van der Waals surface area contributed by atoms with Gasteiger partial charge < -0.3 is 9.42 Å². The highest BCUT2D eigenvalue weighted by Gasteiger charge is 2.28. The smallest absolute Gasteiger partial charge is 0.329 e. The lowest BCUT2D eigenvalue weighted by atomic mass is 9.90. The number of urea groups is 1. The molecule has 0 unspecified atom stereocenters. The van der Waals surface area contributed by atoms with Crippen LogP contribution in [0.15, 0.2) is 22.7 Å². The van der Waals surface area contributed by atoms with Crippen molar-refractivity contribution in [2.75, 3.05) is 31.6 Å². The normalized spacial score (nSPS) is 20.3. The van der Waals surface area contributed by atoms with Gasteiger partial charge in [0, 0.05) is 13.0 Å². The van der Waals surface area contributed by atoms with E-state index in [1.807, 2.05) is 6.07 Å². The summed E-state index contributed by atoms with van der Waals surface area (Å²) in [5.74, 6) is 0.926. The Kier molecular flexibility index (Phi) is 4.17. The van der Waals surface area contributed by atoms with Crippen molar-refractivity contribution in [3.05, 3.63) is 23.8 Å². The zero-order valence-electron chi connectivity index (χ0n) is 14.3. The molecule has 4 rings (SSSR count). The molecule has 2 aliphatic heterocycles. The maximum absolute atomic E-state index is 12.1. The van der Waals surface area contributed by atoms with Crippen molar-refractivity contribution < 1.29 is 14.1 Å². The summed E-state index contributed by atoms with van der Waals surface area (Å²) in [4.78, 5) is 27.3. The molecule has 2 aliphatic rings. The number of nitrogens with one attached hydrogen (secondary N) is 1. The third-order valence-electron chi connectivity index (χ3n) is 5.19. The molecular formula is C18H22N4O3. The number of likely N-dealkylation sites (tertiary alicyclic amines) is 1. The number of rotatable bonds is 3. The van der Waals surface area contributed by atoms with E-state index in [2.05, 4.69) is 34.6 Å². The molecule has 3 amide bonds. The number of fused-ring (bicyclic) bond motifs is 1. The maximum atomic E-state index is 12.1. The van der Waals surface area contributed by atoms with Crippen molar-refractivity contribution in [2.45, 2.75) is 25.7 Å². The number of hydrogen-bond acceptors (Lipinski definition) is 5. The maximum Gasteiger partial charge on any atom is 0.329 e. The predicted octanol–water partition coefficient (Wildman–Crippen LogP) is 2.16. The Hall–Kier alpha value is -2.41. The first-order valence-corrected chi connectivity index (χ1v) is 8.78. The van der Waals surface area contributed by atoms with Crippen molar-refractivity contribution >= 4 is 28.7 Å². The molecule has 3 heterocycles. The molecule has 1 N–H and O–H groups in total. The number of amides is 3. The predicted molar refractivity (Wildman–Crippen MR) is 93.4 cm³/mol. The summed E-state index contributed by atoms with van der Waals surface area (Å²) >= 11 is 0. The molecule has 0 bridgehead atoms. The average molecular weight is 342 g/mol. The van der Waals surface area contributed by atoms with Crippen LogP contribution < -0.4 is 10.2 Å². The molecule has 0 radical (unpaired) electrons. The third-order valence-corrected chi connectivity index (χ3v) is 5.19. The zero-order valence-corrected chi connectivity index (χ0v) is 14.3. The minimum Gasteiger partial charge on any atom is -0.354 e. The van der Waals surface area contributed by atoms with E-state index in [-0.39, 0.29) is 12.3 Å². The lowest BCUT2D eigenvalue weighted by Crippen LogP contribution is -2.49. The fourth-order valence-electron chi connectivity index (χ4n) is 3.66. The molecule has 2 aromatic rings. The van der Waals surface area contributed by atoms with Gasteiger partial charge in [0.25, 0.3) is 0 Å². The number of carbonyl (C=O) groups excluding carboxylic acids is 2. The van der Waals surface area contributed by atoms with Gasteiger partial charge in [-0.05, 0) is 63.0 Å². The third kappa shape index (κ3) is 3.24. The van der Waals surface area contributed by atoms with Crippen LogP contribution in [0.2, 0.25) is 0 Å². The van der Waals surface area contributed by atoms with Gasteiger partial charge >= 0.3 is 6.03 Å². The quantitative estimate of drug-likeness (QED) is 0.925. The first-order chi connectivity index (χ1) is 12.1. The van der Waals surface area contributed by atoms with E-state index < -0.39 is 6.03 Å². The summed E-state index contributed by atoms with van der Waals surface area (Å²) in [6.45, 7) is 2.62. The summed E-state index contributed by atoms with van der Waals surface area (Å²) in [7, 11) is 2.17. The van der Waals surface area contributed by atoms with E-state index >= 15 is 0 Å². The molecule has 7 heteroatoms. The van der Waals surface area contributed by atoms with Gasteiger partial charge in [-0.25, -0.2) is 4.79 Å². The molecule has 1 aromatic carbocycles. The van der Waals surface area contributed by atoms with Gasteiger partial charge in [0.2, 0.25) is 5.91 Å². The van der Waals surface area contributed by atoms with Crippen molar-refractivity contribution in [3.63, 3.8) is 0 Å². The number of anilines is 1. The van der Waals surface area contributed by atoms with Crippen LogP contribution in [0.25, 0.3) is 11.0 Å². The molecule has 7 nitrogen and oxygen atoms in total. The van der Waals surface area contributed by atoms with Crippen LogP contribution in [0.1, 0.15) is 24.8 Å². The molecule has 25 heavy (non-hydrogen) atoms. The van der Waals surface area contributed by atoms with Crippen LogP contribution in [0.5, 0.6) is 0 Å². The first-order valence-electron chi connectivity index (χ1n) is 8.78. The van der Waals surface area contributed by atoms with Crippen LogP contribution in [0.4, 0.5) is 10.6 Å². The van der Waals surface area contributed by atoms with Gasteiger partial charge in [0.15, 0.2) is 11.4 Å². The second-order valence-corrected chi connectivity index (χ2v) is 7.04. The number of hydrogen-bond donors (Lipinski definition) is 1. The topological polar surface area (TPSA) is 78.7 Å². The Morgan fingerprint density at radius 3 is 2.80 bits per heavy atom. The molecule has 0 aliphatic carbocycles. The summed E-state index contributed by atoms with van der Waals surface area (Å²) in [5, 5.41) is 7.22. The zero-order chi connectivity index (χ0) is 17.4. The molecule has 0 spiro atoms. The molecule has 132 valence electrons. The number of imide groups is 1. The average Bonchev–Trinajstić information content (AvgIpc) is 3.00. The van der Waals surface area contributed by atoms with Gasteiger partial charge in [0.05, 0.1) is 5.39 Å². The molecule has 2 saturated heterocycles. The summed E-state index contributed by atoms with van der Waals surface area (Å²) in [6, 6.07) is 5.63. The van der Waals surface area contributed by atoms with Gasteiger partial charge in [-0.15, -0.1) is 0 Å². The lowest BCUT2D eigenvalue weighted by Gasteiger charge is -2.29. The second-order valence-electron chi connectivity index (χ2n) is 7.04. The van der Waals surface area contributed by atoms with E-state index in [4.69, 9.17) is 4.52 Å². The van der Waals surface area contributed by atoms with E-state index in [9.17, 15) is 9.59 Å². The Balaban J connectivity index is 1.57. The summed E-state index contributed by atoms with van der Waals surface area (Å²) < 4.78 is 5.37. The number of nitrogens with zero attached hydrogens (tertiary/aromatic N) is 3. The van der Waals surface area contributed by atoms with Gasteiger partial charge in [-0.2, -0.15) is 0 Å². The fourth-order valence-corrected chi connectivity index (χ4v) is 3.66. The van der Waals surface area contributed by atoms with Crippen LogP contribution in [0, 0.1) is 5.92 Å². The van der Waals surface area contributed by atoms with Gasteiger partial charge in [-0.3, -0.25) is 15.0 Å². The van der Waals surface area contributed by atoms with Gasteiger partial charge in [-0.1, -0.05) is 11.2 Å². The summed E-state index contributed by atoms with van der Waals surface area (Å²) in [5.41, 5.74) is 1.90. The number of carbonyl (C=O) groups is 2. The van der Waals surface area contributed by atoms with Crippen molar-refractivity contribution in [3.8, 4) is 0 Å². The second kappa shape index (κ2) is 6.48. The monoisotopic (exact) mass is 342 g/mol. The van der Waals surface area contributed by atoms with E-state index in [1.165, 1.54) is 23.3 Å². The van der Waals surface area contributed by atoms with Crippen molar-refractivity contribution in [1.29, 1.82) is 0 Å². The Morgan fingerprint density at radius 2 is 2.04 bits per heavy atom. The Bertz CT molecular complexity index is 808. The first kappa shape index (κ1) is 16.1. The summed E-state index contributed by atoms with van der Waals surface area (Å²) in [6.07, 6.45) is 3.72.